The topological polar surface area (TPSA) is 128 Å². The van der Waals surface area contributed by atoms with Gasteiger partial charge in [0.2, 0.25) is 0 Å². The first-order valence-electron chi connectivity index (χ1n) is 12.8. The van der Waals surface area contributed by atoms with Gasteiger partial charge in [-0.1, -0.05) is 0 Å². The molecule has 1 N–H and O–H groups in total. The first-order valence-corrected chi connectivity index (χ1v) is 12.8. The molecule has 11 nitrogen and oxygen atoms in total. The molecule has 2 bridgehead atoms. The molecule has 0 aromatic rings. The lowest BCUT2D eigenvalue weighted by atomic mass is 9.71. The Morgan fingerprint density at radius 3 is 2.05 bits per heavy atom. The van der Waals surface area contributed by atoms with Crippen LogP contribution in [-0.4, -0.2) is 90.3 Å². The van der Waals surface area contributed by atoms with Crippen LogP contribution in [0.25, 0.3) is 0 Å². The highest BCUT2D eigenvalue weighted by Crippen LogP contribution is 2.58. The molecule has 4 saturated heterocycles. The minimum atomic E-state index is -1.66. The van der Waals surface area contributed by atoms with Gasteiger partial charge in [0.15, 0.2) is 29.1 Å². The third-order valence-electron chi connectivity index (χ3n) is 7.04. The van der Waals surface area contributed by atoms with Gasteiger partial charge in [0.25, 0.3) is 0 Å². The zero-order valence-electron chi connectivity index (χ0n) is 23.5. The summed E-state index contributed by atoms with van der Waals surface area (Å²) in [6.07, 6.45) is -4.80. The maximum absolute atomic E-state index is 13.0. The number of aliphatic hydroxyl groups is 1. The Kier molecular flexibility index (Phi) is 6.85. The molecule has 0 aromatic heterocycles. The van der Waals surface area contributed by atoms with E-state index in [1.807, 2.05) is 0 Å². The summed E-state index contributed by atoms with van der Waals surface area (Å²) >= 11 is 0. The molecule has 11 heteroatoms. The largest absolute Gasteiger partial charge is 0.462 e. The average molecular weight is 531 g/mol. The molecule has 0 aromatic carbocycles. The number of hydrogen-bond donors (Lipinski definition) is 1. The van der Waals surface area contributed by atoms with Crippen LogP contribution in [0, 0.1) is 10.8 Å². The van der Waals surface area contributed by atoms with E-state index in [1.165, 1.54) is 0 Å². The lowest BCUT2D eigenvalue weighted by Gasteiger charge is -2.52. The summed E-state index contributed by atoms with van der Waals surface area (Å²) in [6.45, 7) is 16.8. The Hall–Kier alpha value is -1.34. The number of carbonyl (C=O) groups excluding carboxylic acids is 2. The van der Waals surface area contributed by atoms with E-state index in [-0.39, 0.29) is 19.8 Å². The maximum Gasteiger partial charge on any atom is 0.311 e. The Balaban J connectivity index is 1.83. The number of rotatable bonds is 5. The van der Waals surface area contributed by atoms with E-state index >= 15 is 0 Å². The van der Waals surface area contributed by atoms with Crippen molar-refractivity contribution < 1.29 is 52.6 Å². The quantitative estimate of drug-likeness (QED) is 0.525. The highest BCUT2D eigenvalue weighted by atomic mass is 16.8. The molecule has 4 rings (SSSR count). The van der Waals surface area contributed by atoms with Gasteiger partial charge in [-0.15, -0.1) is 0 Å². The van der Waals surface area contributed by atoms with Crippen molar-refractivity contribution in [2.24, 2.45) is 10.8 Å². The van der Waals surface area contributed by atoms with Gasteiger partial charge >= 0.3 is 11.9 Å². The van der Waals surface area contributed by atoms with Crippen LogP contribution in [0.5, 0.6) is 0 Å². The van der Waals surface area contributed by atoms with Crippen LogP contribution < -0.4 is 0 Å². The molecule has 4 fully saturated rings. The fourth-order valence-electron chi connectivity index (χ4n) is 5.39. The van der Waals surface area contributed by atoms with Crippen molar-refractivity contribution in [1.29, 1.82) is 0 Å². The number of carbonyl (C=O) groups is 2. The fourth-order valence-corrected chi connectivity index (χ4v) is 5.39. The molecular weight excluding hydrogens is 488 g/mol. The minimum absolute atomic E-state index is 0.114. The van der Waals surface area contributed by atoms with Gasteiger partial charge in [-0.25, -0.2) is 0 Å². The van der Waals surface area contributed by atoms with Crippen LogP contribution in [0.3, 0.4) is 0 Å². The van der Waals surface area contributed by atoms with Crippen LogP contribution in [-0.2, 0) is 47.5 Å². The predicted molar refractivity (Wildman–Crippen MR) is 127 cm³/mol. The number of esters is 2. The van der Waals surface area contributed by atoms with Crippen LogP contribution in [0.1, 0.15) is 69.2 Å². The molecule has 0 amide bonds. The van der Waals surface area contributed by atoms with Crippen molar-refractivity contribution in [3.8, 4) is 0 Å². The van der Waals surface area contributed by atoms with Gasteiger partial charge in [0.1, 0.15) is 37.6 Å². The predicted octanol–water partition coefficient (Wildman–Crippen LogP) is 2.06. The summed E-state index contributed by atoms with van der Waals surface area (Å²) in [5.41, 5.74) is -4.88. The minimum Gasteiger partial charge on any atom is -0.462 e. The monoisotopic (exact) mass is 530 g/mol. The number of hydrogen-bond acceptors (Lipinski definition) is 11. The first kappa shape index (κ1) is 28.7. The number of ether oxygens (including phenoxy) is 8. The smallest absolute Gasteiger partial charge is 0.311 e. The molecular formula is C26H42O11. The van der Waals surface area contributed by atoms with E-state index in [2.05, 4.69) is 0 Å². The Morgan fingerprint density at radius 2 is 1.46 bits per heavy atom. The van der Waals surface area contributed by atoms with Crippen LogP contribution in [0.4, 0.5) is 0 Å². The van der Waals surface area contributed by atoms with Gasteiger partial charge in [-0.3, -0.25) is 9.59 Å². The Labute approximate surface area is 218 Å². The lowest BCUT2D eigenvalue weighted by Crippen LogP contribution is -2.77. The molecule has 4 aliphatic rings. The normalized spacial score (nSPS) is 40.4. The second-order valence-corrected chi connectivity index (χ2v) is 13.3. The fraction of sp³-hybridized carbons (Fsp3) is 0.923. The first-order chi connectivity index (χ1) is 16.7. The number of fused-ring (bicyclic) bond motifs is 4. The third-order valence-corrected chi connectivity index (χ3v) is 7.04. The van der Waals surface area contributed by atoms with E-state index in [4.69, 9.17) is 37.9 Å². The van der Waals surface area contributed by atoms with Gasteiger partial charge < -0.3 is 43.0 Å². The SMILES string of the molecule is CC1(C)O[C@H]2[C@@H](O)[C@H]3CO[C@H](O3)[C@@]2([C@@]2(COC(=O)C(C)(C)C)OC(C)(C)O[C@@H]2COC(=O)C(C)(C)C)O1. The van der Waals surface area contributed by atoms with Gasteiger partial charge in [-0.2, -0.15) is 0 Å². The Bertz CT molecular complexity index is 916. The van der Waals surface area contributed by atoms with Crippen molar-refractivity contribution in [2.75, 3.05) is 19.8 Å². The molecule has 37 heavy (non-hydrogen) atoms. The second kappa shape index (κ2) is 8.84. The van der Waals surface area contributed by atoms with Crippen molar-refractivity contribution in [2.45, 2.75) is 123 Å². The van der Waals surface area contributed by atoms with E-state index in [1.54, 1.807) is 69.2 Å². The van der Waals surface area contributed by atoms with E-state index in [0.29, 0.717) is 0 Å². The zero-order valence-corrected chi connectivity index (χ0v) is 23.5. The molecule has 0 spiro atoms. The van der Waals surface area contributed by atoms with E-state index in [9.17, 15) is 14.7 Å². The highest BCUT2D eigenvalue weighted by Gasteiger charge is 2.81. The summed E-state index contributed by atoms with van der Waals surface area (Å²) in [6, 6.07) is 0. The third kappa shape index (κ3) is 4.81. The molecule has 0 radical (unpaired) electrons. The van der Waals surface area contributed by atoms with Crippen molar-refractivity contribution in [3.05, 3.63) is 0 Å². The summed E-state index contributed by atoms with van der Waals surface area (Å²) in [5, 5.41) is 11.3. The Morgan fingerprint density at radius 1 is 0.892 bits per heavy atom. The molecule has 7 atom stereocenters. The van der Waals surface area contributed by atoms with Crippen LogP contribution in [0.15, 0.2) is 0 Å². The molecule has 0 saturated carbocycles. The molecule has 0 unspecified atom stereocenters. The zero-order chi connectivity index (χ0) is 27.8. The standard InChI is InChI=1S/C26H42O11/c1-21(2,3)18(28)30-12-15-25(36-23(7,8)34-15,13-32-19(29)22(4,5)6)26-17(35-24(9,10)37-26)16(27)14-11-31-20(26)33-14/h14-17,20,27H,11-13H2,1-10H3/t14-,15-,16+,17+,20-,25+,26+/m1/s1. The number of aliphatic hydroxyl groups excluding tert-OH is 1. The van der Waals surface area contributed by atoms with Gasteiger partial charge in [0.05, 0.1) is 17.4 Å². The summed E-state index contributed by atoms with van der Waals surface area (Å²) in [7, 11) is 0. The van der Waals surface area contributed by atoms with E-state index < -0.39 is 76.3 Å². The second-order valence-electron chi connectivity index (χ2n) is 13.3. The van der Waals surface area contributed by atoms with Crippen molar-refractivity contribution in [3.63, 3.8) is 0 Å². The van der Waals surface area contributed by atoms with Crippen LogP contribution >= 0.6 is 0 Å². The highest BCUT2D eigenvalue weighted by molar-refractivity contribution is 5.76. The van der Waals surface area contributed by atoms with Gasteiger partial charge in [0, 0.05) is 0 Å². The summed E-state index contributed by atoms with van der Waals surface area (Å²) in [5.74, 6) is -3.34. The van der Waals surface area contributed by atoms with Crippen molar-refractivity contribution >= 4 is 11.9 Å². The van der Waals surface area contributed by atoms with E-state index in [0.717, 1.165) is 0 Å². The average Bonchev–Trinajstić information content (AvgIpc) is 3.39. The molecule has 4 heterocycles. The molecule has 4 aliphatic heterocycles. The summed E-state index contributed by atoms with van der Waals surface area (Å²) < 4.78 is 49.3. The lowest BCUT2D eigenvalue weighted by molar-refractivity contribution is -0.333. The summed E-state index contributed by atoms with van der Waals surface area (Å²) in [4.78, 5) is 25.7. The molecule has 0 aliphatic carbocycles. The van der Waals surface area contributed by atoms with Gasteiger partial charge in [-0.05, 0) is 69.2 Å². The van der Waals surface area contributed by atoms with Crippen LogP contribution in [0.2, 0.25) is 0 Å². The maximum atomic E-state index is 13.0. The van der Waals surface area contributed by atoms with Crippen molar-refractivity contribution in [1.82, 2.24) is 0 Å². The molecule has 212 valence electrons.